The van der Waals surface area contributed by atoms with E-state index in [9.17, 15) is 9.59 Å². The van der Waals surface area contributed by atoms with E-state index in [0.29, 0.717) is 28.8 Å². The Morgan fingerprint density at radius 2 is 1.68 bits per heavy atom. The van der Waals surface area contributed by atoms with Gasteiger partial charge in [0.25, 0.3) is 11.8 Å². The predicted octanol–water partition coefficient (Wildman–Crippen LogP) is 7.10. The smallest absolute Gasteiger partial charge is 0.265 e. The van der Waals surface area contributed by atoms with E-state index in [4.69, 9.17) is 0 Å². The van der Waals surface area contributed by atoms with Gasteiger partial charge in [-0.3, -0.25) is 9.59 Å². The summed E-state index contributed by atoms with van der Waals surface area (Å²) in [5, 5.41) is 0. The molecule has 0 N–H and O–H groups in total. The molecule has 0 aliphatic carbocycles. The van der Waals surface area contributed by atoms with Gasteiger partial charge in [0.05, 0.1) is 17.1 Å². The van der Waals surface area contributed by atoms with E-state index in [1.165, 1.54) is 29.3 Å². The number of carbonyl (C=O) groups excluding carboxylic acids is 2. The Hall–Kier alpha value is -3.31. The molecule has 0 saturated carbocycles. The van der Waals surface area contributed by atoms with Crippen LogP contribution in [-0.2, 0) is 11.3 Å². The molecule has 0 bridgehead atoms. The topological polar surface area (TPSA) is 40.6 Å². The summed E-state index contributed by atoms with van der Waals surface area (Å²) in [6.07, 6.45) is 3.11. The Labute approximate surface area is 224 Å². The first-order valence-electron chi connectivity index (χ1n) is 13.0. The van der Waals surface area contributed by atoms with Gasteiger partial charge in [0.15, 0.2) is 0 Å². The number of likely N-dealkylation sites (tertiary alicyclic amines) is 1. The van der Waals surface area contributed by atoms with Crippen molar-refractivity contribution < 1.29 is 9.59 Å². The van der Waals surface area contributed by atoms with Crippen LogP contribution in [0.3, 0.4) is 0 Å². The SMILES string of the molecule is Cc1ccc(C)c(CN2C(=O)C(=Cc3ccc(C(=O)N4CC(C)CC(C)C4)cc3)Sc3ccccc32)c1. The minimum absolute atomic E-state index is 0.000973. The molecular weight excluding hydrogens is 476 g/mol. The third-order valence-corrected chi connectivity index (χ3v) is 8.35. The molecule has 0 spiro atoms. The van der Waals surface area contributed by atoms with Gasteiger partial charge in [-0.25, -0.2) is 0 Å². The number of nitrogens with zero attached hydrogens (tertiary/aromatic N) is 2. The lowest BCUT2D eigenvalue weighted by molar-refractivity contribution is -0.114. The molecule has 2 aliphatic heterocycles. The highest BCUT2D eigenvalue weighted by Gasteiger charge is 2.30. The first-order chi connectivity index (χ1) is 17.8. The number of hydrogen-bond acceptors (Lipinski definition) is 3. The summed E-state index contributed by atoms with van der Waals surface area (Å²) in [5.74, 6) is 1.15. The molecule has 37 heavy (non-hydrogen) atoms. The van der Waals surface area contributed by atoms with Crippen LogP contribution >= 0.6 is 11.8 Å². The number of fused-ring (bicyclic) bond motifs is 1. The van der Waals surface area contributed by atoms with Gasteiger partial charge < -0.3 is 9.80 Å². The molecular formula is C32H34N2O2S. The Balaban J connectivity index is 1.40. The van der Waals surface area contributed by atoms with Crippen molar-refractivity contribution in [3.05, 3.63) is 99.5 Å². The molecule has 2 aliphatic rings. The van der Waals surface area contributed by atoms with Gasteiger partial charge in [-0.05, 0) is 79.1 Å². The minimum Gasteiger partial charge on any atom is -0.338 e. The highest BCUT2D eigenvalue weighted by atomic mass is 32.2. The van der Waals surface area contributed by atoms with E-state index < -0.39 is 0 Å². The molecule has 2 amide bonds. The number of rotatable bonds is 4. The fraction of sp³-hybridized carbons (Fsp3) is 0.312. The van der Waals surface area contributed by atoms with Crippen molar-refractivity contribution >= 4 is 35.3 Å². The van der Waals surface area contributed by atoms with Gasteiger partial charge in [-0.1, -0.05) is 73.6 Å². The number of benzene rings is 3. The van der Waals surface area contributed by atoms with Crippen molar-refractivity contribution in [3.8, 4) is 0 Å². The van der Waals surface area contributed by atoms with Crippen molar-refractivity contribution in [2.75, 3.05) is 18.0 Å². The number of piperidine rings is 1. The standard InChI is InChI=1S/C32H34N2O2S/c1-21-9-10-24(4)27(16-21)20-34-28-7-5-6-8-29(28)37-30(32(34)36)17-25-11-13-26(14-12-25)31(35)33-18-22(2)15-23(3)19-33/h5-14,16-17,22-23H,15,18-20H2,1-4H3. The minimum atomic E-state index is 0.000973. The van der Waals surface area contributed by atoms with E-state index >= 15 is 0 Å². The third kappa shape index (κ3) is 5.52. The normalized spacial score (nSPS) is 20.8. The third-order valence-electron chi connectivity index (χ3n) is 7.28. The maximum absolute atomic E-state index is 13.7. The van der Waals surface area contributed by atoms with Crippen LogP contribution in [0, 0.1) is 25.7 Å². The molecule has 2 atom stereocenters. The first-order valence-corrected chi connectivity index (χ1v) is 13.9. The van der Waals surface area contributed by atoms with Gasteiger partial charge in [0, 0.05) is 23.5 Å². The molecule has 2 unspecified atom stereocenters. The van der Waals surface area contributed by atoms with Crippen molar-refractivity contribution in [2.45, 2.75) is 45.6 Å². The molecule has 190 valence electrons. The summed E-state index contributed by atoms with van der Waals surface area (Å²) in [6.45, 7) is 10.8. The summed E-state index contributed by atoms with van der Waals surface area (Å²) in [6, 6.07) is 22.1. The van der Waals surface area contributed by atoms with Gasteiger partial charge >= 0.3 is 0 Å². The molecule has 3 aromatic rings. The first kappa shape index (κ1) is 25.3. The molecule has 5 rings (SSSR count). The van der Waals surface area contributed by atoms with E-state index in [-0.39, 0.29) is 11.8 Å². The summed E-state index contributed by atoms with van der Waals surface area (Å²) >= 11 is 1.51. The second kappa shape index (κ2) is 10.6. The Morgan fingerprint density at radius 3 is 2.41 bits per heavy atom. The van der Waals surface area contributed by atoms with Crippen LogP contribution in [0.1, 0.15) is 52.9 Å². The van der Waals surface area contributed by atoms with Crippen LogP contribution in [0.25, 0.3) is 6.08 Å². The second-order valence-corrected chi connectivity index (χ2v) is 11.8. The highest BCUT2D eigenvalue weighted by molar-refractivity contribution is 8.04. The fourth-order valence-corrected chi connectivity index (χ4v) is 6.50. The van der Waals surface area contributed by atoms with Crippen LogP contribution in [0.2, 0.25) is 0 Å². The molecule has 0 radical (unpaired) electrons. The number of para-hydroxylation sites is 1. The molecule has 2 heterocycles. The van der Waals surface area contributed by atoms with E-state index in [1.54, 1.807) is 0 Å². The van der Waals surface area contributed by atoms with Gasteiger partial charge in [-0.15, -0.1) is 0 Å². The summed E-state index contributed by atoms with van der Waals surface area (Å²) < 4.78 is 0. The zero-order chi connectivity index (χ0) is 26.1. The number of carbonyl (C=O) groups is 2. The van der Waals surface area contributed by atoms with Crippen molar-refractivity contribution in [1.29, 1.82) is 0 Å². The van der Waals surface area contributed by atoms with Crippen molar-refractivity contribution in [2.24, 2.45) is 11.8 Å². The van der Waals surface area contributed by atoms with Crippen molar-refractivity contribution in [3.63, 3.8) is 0 Å². The van der Waals surface area contributed by atoms with Crippen LogP contribution in [0.5, 0.6) is 0 Å². The molecule has 5 heteroatoms. The average Bonchev–Trinajstić information content (AvgIpc) is 2.88. The lowest BCUT2D eigenvalue weighted by atomic mass is 9.91. The summed E-state index contributed by atoms with van der Waals surface area (Å²) in [4.78, 5) is 32.4. The maximum Gasteiger partial charge on any atom is 0.265 e. The monoisotopic (exact) mass is 510 g/mol. The number of amides is 2. The summed E-state index contributed by atoms with van der Waals surface area (Å²) in [5.41, 5.74) is 6.08. The quantitative estimate of drug-likeness (QED) is 0.352. The molecule has 4 nitrogen and oxygen atoms in total. The van der Waals surface area contributed by atoms with Gasteiger partial charge in [0.2, 0.25) is 0 Å². The van der Waals surface area contributed by atoms with E-state index in [2.05, 4.69) is 52.0 Å². The summed E-state index contributed by atoms with van der Waals surface area (Å²) in [7, 11) is 0. The number of aryl methyl sites for hydroxylation is 2. The zero-order valence-electron chi connectivity index (χ0n) is 22.0. The van der Waals surface area contributed by atoms with Crippen LogP contribution in [-0.4, -0.2) is 29.8 Å². The second-order valence-electron chi connectivity index (χ2n) is 10.7. The van der Waals surface area contributed by atoms with Gasteiger partial charge in [-0.2, -0.15) is 0 Å². The largest absolute Gasteiger partial charge is 0.338 e. The molecule has 3 aromatic carbocycles. The van der Waals surface area contributed by atoms with Crippen LogP contribution < -0.4 is 4.90 Å². The van der Waals surface area contributed by atoms with E-state index in [1.807, 2.05) is 58.3 Å². The average molecular weight is 511 g/mol. The van der Waals surface area contributed by atoms with E-state index in [0.717, 1.165) is 34.8 Å². The Kier molecular flexibility index (Phi) is 7.25. The number of thioether (sulfide) groups is 1. The van der Waals surface area contributed by atoms with Gasteiger partial charge in [0.1, 0.15) is 0 Å². The highest BCUT2D eigenvalue weighted by Crippen LogP contribution is 2.42. The number of anilines is 1. The van der Waals surface area contributed by atoms with Crippen LogP contribution in [0.15, 0.2) is 76.5 Å². The zero-order valence-corrected chi connectivity index (χ0v) is 22.8. The predicted molar refractivity (Wildman–Crippen MR) is 153 cm³/mol. The fourth-order valence-electron chi connectivity index (χ4n) is 5.44. The molecule has 1 saturated heterocycles. The lowest BCUT2D eigenvalue weighted by Gasteiger charge is -2.35. The lowest BCUT2D eigenvalue weighted by Crippen LogP contribution is -2.42. The maximum atomic E-state index is 13.7. The van der Waals surface area contributed by atoms with Crippen LogP contribution in [0.4, 0.5) is 5.69 Å². The Morgan fingerprint density at radius 1 is 0.973 bits per heavy atom. The van der Waals surface area contributed by atoms with Crippen molar-refractivity contribution in [1.82, 2.24) is 4.90 Å². The number of hydrogen-bond donors (Lipinski definition) is 0. The Bertz CT molecular complexity index is 1350. The molecule has 0 aromatic heterocycles. The molecule has 1 fully saturated rings.